The third-order valence-corrected chi connectivity index (χ3v) is 4.38. The zero-order chi connectivity index (χ0) is 21.8. The molecule has 1 heterocycles. The lowest BCUT2D eigenvalue weighted by Gasteiger charge is -2.30. The van der Waals surface area contributed by atoms with Gasteiger partial charge in [0.2, 0.25) is 5.91 Å². The van der Waals surface area contributed by atoms with Crippen LogP contribution in [0.15, 0.2) is 24.3 Å². The molecule has 29 heavy (non-hydrogen) atoms. The van der Waals surface area contributed by atoms with Gasteiger partial charge in [0.1, 0.15) is 0 Å². The Morgan fingerprint density at radius 1 is 1.07 bits per heavy atom. The van der Waals surface area contributed by atoms with Gasteiger partial charge in [0.25, 0.3) is 0 Å². The molecule has 1 aliphatic rings. The number of anilines is 1. The summed E-state index contributed by atoms with van der Waals surface area (Å²) < 4.78 is 5.07. The van der Waals surface area contributed by atoms with Crippen molar-refractivity contribution in [3.8, 4) is 0 Å². The maximum atomic E-state index is 12.0. The molecule has 0 unspecified atom stereocenters. The van der Waals surface area contributed by atoms with Crippen LogP contribution in [0.4, 0.5) is 5.69 Å². The number of carboxylic acid groups (broad SMARTS) is 2. The number of carbonyl (C=O) groups excluding carboxylic acids is 2. The SMILES string of the molecule is CCOC(=O)C1CCN(CCC(=O)Nc2ccc(C)cc2)CC1.O=C(O)C(=O)O. The standard InChI is InChI=1S/C18H26N2O3.C2H2O4/c1-3-23-18(22)15-8-11-20(12-9-15)13-10-17(21)19-16-6-4-14(2)5-7-16;3-1(4)2(5)6/h4-7,15H,3,8-13H2,1-2H3,(H,19,21);(H,3,4)(H,5,6). The number of piperidine rings is 1. The van der Waals surface area contributed by atoms with E-state index in [9.17, 15) is 9.59 Å². The summed E-state index contributed by atoms with van der Waals surface area (Å²) in [6.07, 6.45) is 2.11. The van der Waals surface area contributed by atoms with Gasteiger partial charge in [-0.3, -0.25) is 9.59 Å². The minimum absolute atomic E-state index is 0.0209. The number of hydrogen-bond acceptors (Lipinski definition) is 6. The molecule has 9 nitrogen and oxygen atoms in total. The number of aliphatic carboxylic acids is 2. The molecule has 2 rings (SSSR count). The summed E-state index contributed by atoms with van der Waals surface area (Å²) in [5.41, 5.74) is 2.01. The Kier molecular flexibility index (Phi) is 10.4. The summed E-state index contributed by atoms with van der Waals surface area (Å²) in [6, 6.07) is 7.79. The fourth-order valence-electron chi connectivity index (χ4n) is 2.77. The molecule has 1 saturated heterocycles. The summed E-state index contributed by atoms with van der Waals surface area (Å²) in [7, 11) is 0. The minimum Gasteiger partial charge on any atom is -0.473 e. The van der Waals surface area contributed by atoms with E-state index in [1.54, 1.807) is 0 Å². The van der Waals surface area contributed by atoms with Gasteiger partial charge in [-0.25, -0.2) is 9.59 Å². The molecule has 1 aliphatic heterocycles. The fourth-order valence-corrected chi connectivity index (χ4v) is 2.77. The number of esters is 1. The quantitative estimate of drug-likeness (QED) is 0.479. The maximum absolute atomic E-state index is 12.0. The second kappa shape index (κ2) is 12.5. The van der Waals surface area contributed by atoms with E-state index in [2.05, 4.69) is 10.2 Å². The Morgan fingerprint density at radius 3 is 2.10 bits per heavy atom. The molecule has 1 amide bonds. The first kappa shape index (κ1) is 24.1. The first-order chi connectivity index (χ1) is 13.7. The normalized spacial score (nSPS) is 14.3. The van der Waals surface area contributed by atoms with Crippen LogP contribution in [0, 0.1) is 12.8 Å². The third-order valence-electron chi connectivity index (χ3n) is 4.38. The van der Waals surface area contributed by atoms with Crippen LogP contribution in [-0.4, -0.2) is 65.2 Å². The summed E-state index contributed by atoms with van der Waals surface area (Å²) in [5.74, 6) is -3.68. The Hall–Kier alpha value is -2.94. The van der Waals surface area contributed by atoms with Crippen molar-refractivity contribution in [3.05, 3.63) is 29.8 Å². The molecule has 0 aliphatic carbocycles. The number of ether oxygens (including phenoxy) is 1. The molecule has 0 spiro atoms. The number of carbonyl (C=O) groups is 4. The zero-order valence-electron chi connectivity index (χ0n) is 16.7. The van der Waals surface area contributed by atoms with E-state index >= 15 is 0 Å². The van der Waals surface area contributed by atoms with Gasteiger partial charge in [0.15, 0.2) is 0 Å². The molecule has 160 valence electrons. The summed E-state index contributed by atoms with van der Waals surface area (Å²) in [4.78, 5) is 44.1. The number of carboxylic acids is 2. The number of aryl methyl sites for hydroxylation is 1. The molecular weight excluding hydrogens is 380 g/mol. The molecule has 0 atom stereocenters. The second-order valence-corrected chi connectivity index (χ2v) is 6.64. The molecule has 0 bridgehead atoms. The predicted octanol–water partition coefficient (Wildman–Crippen LogP) is 1.75. The van der Waals surface area contributed by atoms with Crippen LogP contribution in [0.5, 0.6) is 0 Å². The largest absolute Gasteiger partial charge is 0.473 e. The van der Waals surface area contributed by atoms with Gasteiger partial charge in [-0.05, 0) is 51.9 Å². The Balaban J connectivity index is 0.000000612. The average Bonchev–Trinajstić information content (AvgIpc) is 2.69. The van der Waals surface area contributed by atoms with Crippen molar-refractivity contribution in [2.45, 2.75) is 33.1 Å². The van der Waals surface area contributed by atoms with Crippen LogP contribution in [-0.2, 0) is 23.9 Å². The van der Waals surface area contributed by atoms with E-state index < -0.39 is 11.9 Å². The average molecular weight is 408 g/mol. The Morgan fingerprint density at radius 2 is 1.62 bits per heavy atom. The van der Waals surface area contributed by atoms with Crippen LogP contribution in [0.25, 0.3) is 0 Å². The topological polar surface area (TPSA) is 133 Å². The van der Waals surface area contributed by atoms with Gasteiger partial charge in [-0.2, -0.15) is 0 Å². The van der Waals surface area contributed by atoms with Crippen molar-refractivity contribution in [2.75, 3.05) is 31.6 Å². The summed E-state index contributed by atoms with van der Waals surface area (Å²) in [6.45, 7) is 6.72. The van der Waals surface area contributed by atoms with Crippen LogP contribution in [0.1, 0.15) is 31.7 Å². The molecule has 1 aromatic rings. The van der Waals surface area contributed by atoms with Crippen LogP contribution in [0.2, 0.25) is 0 Å². The van der Waals surface area contributed by atoms with Gasteiger partial charge in [0, 0.05) is 18.7 Å². The van der Waals surface area contributed by atoms with Crippen molar-refractivity contribution in [1.29, 1.82) is 0 Å². The molecule has 0 radical (unpaired) electrons. The van der Waals surface area contributed by atoms with E-state index in [0.717, 1.165) is 38.2 Å². The number of nitrogens with zero attached hydrogens (tertiary/aromatic N) is 1. The molecule has 0 saturated carbocycles. The van der Waals surface area contributed by atoms with Crippen LogP contribution >= 0.6 is 0 Å². The highest BCUT2D eigenvalue weighted by molar-refractivity contribution is 6.27. The zero-order valence-corrected chi connectivity index (χ0v) is 16.7. The van der Waals surface area contributed by atoms with Gasteiger partial charge in [-0.1, -0.05) is 17.7 Å². The lowest BCUT2D eigenvalue weighted by molar-refractivity contribution is -0.159. The van der Waals surface area contributed by atoms with E-state index in [4.69, 9.17) is 24.5 Å². The van der Waals surface area contributed by atoms with Crippen molar-refractivity contribution in [1.82, 2.24) is 4.90 Å². The van der Waals surface area contributed by atoms with Crippen molar-refractivity contribution in [2.24, 2.45) is 5.92 Å². The lowest BCUT2D eigenvalue weighted by Crippen LogP contribution is -2.38. The van der Waals surface area contributed by atoms with Gasteiger partial charge < -0.3 is 25.2 Å². The van der Waals surface area contributed by atoms with Gasteiger partial charge >= 0.3 is 17.9 Å². The van der Waals surface area contributed by atoms with Gasteiger partial charge in [-0.15, -0.1) is 0 Å². The number of hydrogen-bond donors (Lipinski definition) is 3. The molecule has 1 fully saturated rings. The third kappa shape index (κ3) is 9.70. The number of likely N-dealkylation sites (tertiary alicyclic amines) is 1. The van der Waals surface area contributed by atoms with E-state index in [-0.39, 0.29) is 17.8 Å². The summed E-state index contributed by atoms with van der Waals surface area (Å²) >= 11 is 0. The number of benzene rings is 1. The molecule has 3 N–H and O–H groups in total. The maximum Gasteiger partial charge on any atom is 0.414 e. The van der Waals surface area contributed by atoms with Crippen LogP contribution in [0.3, 0.4) is 0 Å². The van der Waals surface area contributed by atoms with Crippen molar-refractivity contribution >= 4 is 29.5 Å². The number of rotatable bonds is 6. The Labute approximate surface area is 169 Å². The molecule has 1 aromatic carbocycles. The highest BCUT2D eigenvalue weighted by atomic mass is 16.5. The monoisotopic (exact) mass is 408 g/mol. The predicted molar refractivity (Wildman–Crippen MR) is 105 cm³/mol. The van der Waals surface area contributed by atoms with E-state index in [0.29, 0.717) is 13.0 Å². The van der Waals surface area contributed by atoms with Crippen molar-refractivity contribution < 1.29 is 34.1 Å². The van der Waals surface area contributed by atoms with Crippen LogP contribution < -0.4 is 5.32 Å². The fraction of sp³-hybridized carbons (Fsp3) is 0.500. The molecular formula is C20H28N2O7. The smallest absolute Gasteiger partial charge is 0.414 e. The van der Waals surface area contributed by atoms with E-state index in [1.165, 1.54) is 5.56 Å². The first-order valence-corrected chi connectivity index (χ1v) is 9.44. The second-order valence-electron chi connectivity index (χ2n) is 6.64. The lowest BCUT2D eigenvalue weighted by atomic mass is 9.97. The Bertz CT molecular complexity index is 683. The summed E-state index contributed by atoms with van der Waals surface area (Å²) in [5, 5.41) is 17.7. The highest BCUT2D eigenvalue weighted by Gasteiger charge is 2.25. The highest BCUT2D eigenvalue weighted by Crippen LogP contribution is 2.19. The van der Waals surface area contributed by atoms with E-state index in [1.807, 2.05) is 38.1 Å². The minimum atomic E-state index is -1.82. The number of nitrogens with one attached hydrogen (secondary N) is 1. The van der Waals surface area contributed by atoms with Gasteiger partial charge in [0.05, 0.1) is 12.5 Å². The molecule has 9 heteroatoms. The first-order valence-electron chi connectivity index (χ1n) is 9.44. The molecule has 0 aromatic heterocycles. The number of amides is 1. The van der Waals surface area contributed by atoms with Crippen molar-refractivity contribution in [3.63, 3.8) is 0 Å².